The molecule has 0 fully saturated rings. The van der Waals surface area contributed by atoms with E-state index in [1.165, 1.54) is 6.26 Å². The summed E-state index contributed by atoms with van der Waals surface area (Å²) >= 11 is 0. The molecule has 33 heavy (non-hydrogen) atoms. The number of benzene rings is 1. The van der Waals surface area contributed by atoms with E-state index in [2.05, 4.69) is 26.3 Å². The molecule has 4 aromatic rings. The fourth-order valence-corrected chi connectivity index (χ4v) is 4.57. The van der Waals surface area contributed by atoms with Crippen molar-refractivity contribution in [3.63, 3.8) is 0 Å². The molecule has 1 aromatic carbocycles. The van der Waals surface area contributed by atoms with Gasteiger partial charge in [0, 0.05) is 54.9 Å². The summed E-state index contributed by atoms with van der Waals surface area (Å²) in [5.74, 6) is 0.545. The van der Waals surface area contributed by atoms with Crippen LogP contribution in [0, 0.1) is 13.8 Å². The van der Waals surface area contributed by atoms with Crippen LogP contribution in [0.5, 0.6) is 0 Å². The fraction of sp³-hybridized carbons (Fsp3) is 0.240. The van der Waals surface area contributed by atoms with Crippen LogP contribution in [0.1, 0.15) is 33.6 Å². The number of fused-ring (bicyclic) bond motifs is 1. The second kappa shape index (κ2) is 9.25. The standard InChI is InChI=1S/C25H27N5O2S/c1-16-8-25(26)30-17(2)23(16)15-27-13-18-6-7-28-21(10-18)11-19-9-20-12-22(33(3,31)32)4-5-24(20)29-14-19/h4-10,12,14,27H,11,13,15H2,1-3H3,(H2,26,30). The van der Waals surface area contributed by atoms with E-state index >= 15 is 0 Å². The van der Waals surface area contributed by atoms with Crippen LogP contribution >= 0.6 is 0 Å². The maximum atomic E-state index is 11.9. The molecule has 0 bridgehead atoms. The summed E-state index contributed by atoms with van der Waals surface area (Å²) < 4.78 is 23.7. The molecule has 0 aliphatic carbocycles. The van der Waals surface area contributed by atoms with E-state index in [1.54, 1.807) is 18.2 Å². The number of aromatic nitrogens is 3. The van der Waals surface area contributed by atoms with Crippen LogP contribution in [0.3, 0.4) is 0 Å². The molecule has 3 aromatic heterocycles. The molecule has 0 atom stereocenters. The van der Waals surface area contributed by atoms with Crippen LogP contribution in [0.4, 0.5) is 5.82 Å². The monoisotopic (exact) mass is 461 g/mol. The summed E-state index contributed by atoms with van der Waals surface area (Å²) in [4.78, 5) is 13.6. The molecule has 0 saturated heterocycles. The molecule has 0 saturated carbocycles. The number of hydrogen-bond acceptors (Lipinski definition) is 7. The normalized spacial score (nSPS) is 11.7. The van der Waals surface area contributed by atoms with Crippen LogP contribution in [-0.4, -0.2) is 29.6 Å². The minimum absolute atomic E-state index is 0.293. The van der Waals surface area contributed by atoms with Crippen LogP contribution in [0.15, 0.2) is 59.8 Å². The van der Waals surface area contributed by atoms with Crippen LogP contribution in [-0.2, 0) is 29.3 Å². The number of rotatable bonds is 7. The summed E-state index contributed by atoms with van der Waals surface area (Å²) in [5.41, 5.74) is 12.8. The molecule has 3 N–H and O–H groups in total. The highest BCUT2D eigenvalue weighted by Crippen LogP contribution is 2.20. The maximum absolute atomic E-state index is 11.9. The second-order valence-electron chi connectivity index (χ2n) is 8.33. The first kappa shape index (κ1) is 22.8. The first-order chi connectivity index (χ1) is 15.7. The van der Waals surface area contributed by atoms with Gasteiger partial charge in [-0.25, -0.2) is 13.4 Å². The fourth-order valence-electron chi connectivity index (χ4n) is 3.91. The van der Waals surface area contributed by atoms with Gasteiger partial charge in [-0.05, 0) is 78.6 Å². The lowest BCUT2D eigenvalue weighted by Gasteiger charge is -2.12. The SMILES string of the molecule is Cc1cc(N)nc(C)c1CNCc1ccnc(Cc2cnc3ccc(S(C)(=O)=O)cc3c2)c1. The lowest BCUT2D eigenvalue weighted by atomic mass is 10.1. The Hall–Kier alpha value is -3.36. The van der Waals surface area contributed by atoms with E-state index in [9.17, 15) is 8.42 Å². The minimum Gasteiger partial charge on any atom is -0.384 e. The Morgan fingerprint density at radius 3 is 2.55 bits per heavy atom. The zero-order chi connectivity index (χ0) is 23.6. The molecule has 8 heteroatoms. The third kappa shape index (κ3) is 5.53. The van der Waals surface area contributed by atoms with E-state index in [0.29, 0.717) is 30.2 Å². The van der Waals surface area contributed by atoms with Gasteiger partial charge in [0.15, 0.2) is 9.84 Å². The molecule has 0 amide bonds. The summed E-state index contributed by atoms with van der Waals surface area (Å²) in [6.45, 7) is 5.43. The molecule has 3 heterocycles. The van der Waals surface area contributed by atoms with E-state index in [4.69, 9.17) is 5.73 Å². The van der Waals surface area contributed by atoms with E-state index in [-0.39, 0.29) is 0 Å². The highest BCUT2D eigenvalue weighted by molar-refractivity contribution is 7.90. The molecular formula is C25H27N5O2S. The summed E-state index contributed by atoms with van der Waals surface area (Å²) in [6, 6.07) is 12.9. The van der Waals surface area contributed by atoms with Crippen molar-refractivity contribution in [1.82, 2.24) is 20.3 Å². The molecule has 0 radical (unpaired) electrons. The Balaban J connectivity index is 1.46. The van der Waals surface area contributed by atoms with Gasteiger partial charge in [0.25, 0.3) is 0 Å². The quantitative estimate of drug-likeness (QED) is 0.433. The van der Waals surface area contributed by atoms with Gasteiger partial charge in [0.1, 0.15) is 5.82 Å². The molecular weight excluding hydrogens is 434 g/mol. The van der Waals surface area contributed by atoms with E-state index in [0.717, 1.165) is 44.5 Å². The molecule has 7 nitrogen and oxygen atoms in total. The van der Waals surface area contributed by atoms with Crippen molar-refractivity contribution >= 4 is 26.6 Å². The molecule has 0 aliphatic rings. The predicted octanol–water partition coefficient (Wildman–Crippen LogP) is 3.51. The Morgan fingerprint density at radius 1 is 0.970 bits per heavy atom. The molecule has 170 valence electrons. The third-order valence-electron chi connectivity index (χ3n) is 5.61. The predicted molar refractivity (Wildman–Crippen MR) is 131 cm³/mol. The highest BCUT2D eigenvalue weighted by atomic mass is 32.2. The third-order valence-corrected chi connectivity index (χ3v) is 6.72. The Morgan fingerprint density at radius 2 is 1.79 bits per heavy atom. The smallest absolute Gasteiger partial charge is 0.175 e. The van der Waals surface area contributed by atoms with Crippen molar-refractivity contribution in [2.45, 2.75) is 38.3 Å². The largest absolute Gasteiger partial charge is 0.384 e. The second-order valence-corrected chi connectivity index (χ2v) is 10.3. The summed E-state index contributed by atoms with van der Waals surface area (Å²) in [5, 5.41) is 4.28. The molecule has 4 rings (SSSR count). The summed E-state index contributed by atoms with van der Waals surface area (Å²) in [6.07, 6.45) is 5.44. The first-order valence-electron chi connectivity index (χ1n) is 10.6. The zero-order valence-electron chi connectivity index (χ0n) is 19.0. The lowest BCUT2D eigenvalue weighted by molar-refractivity contribution is 0.602. The Kier molecular flexibility index (Phi) is 6.40. The number of nitrogens with one attached hydrogen (secondary N) is 1. The van der Waals surface area contributed by atoms with E-state index < -0.39 is 9.84 Å². The average Bonchev–Trinajstić information content (AvgIpc) is 2.75. The number of nitrogen functional groups attached to an aromatic ring is 1. The summed E-state index contributed by atoms with van der Waals surface area (Å²) in [7, 11) is -3.27. The van der Waals surface area contributed by atoms with Gasteiger partial charge in [-0.1, -0.05) is 0 Å². The number of sulfone groups is 1. The number of anilines is 1. The van der Waals surface area contributed by atoms with Gasteiger partial charge in [-0.15, -0.1) is 0 Å². The van der Waals surface area contributed by atoms with Crippen molar-refractivity contribution in [2.24, 2.45) is 0 Å². The van der Waals surface area contributed by atoms with Crippen LogP contribution in [0.2, 0.25) is 0 Å². The van der Waals surface area contributed by atoms with Gasteiger partial charge < -0.3 is 11.1 Å². The van der Waals surface area contributed by atoms with Crippen LogP contribution in [0.25, 0.3) is 10.9 Å². The van der Waals surface area contributed by atoms with Crippen molar-refractivity contribution in [3.05, 3.63) is 88.5 Å². The Bertz CT molecular complexity index is 1410. The first-order valence-corrected chi connectivity index (χ1v) is 12.5. The highest BCUT2D eigenvalue weighted by Gasteiger charge is 2.09. The minimum atomic E-state index is -3.27. The topological polar surface area (TPSA) is 111 Å². The van der Waals surface area contributed by atoms with Crippen molar-refractivity contribution < 1.29 is 8.42 Å². The average molecular weight is 462 g/mol. The number of nitrogens with zero attached hydrogens (tertiary/aromatic N) is 3. The van der Waals surface area contributed by atoms with Gasteiger partial charge in [-0.2, -0.15) is 0 Å². The van der Waals surface area contributed by atoms with Gasteiger partial charge in [0.05, 0.1) is 10.4 Å². The van der Waals surface area contributed by atoms with Crippen LogP contribution < -0.4 is 11.1 Å². The maximum Gasteiger partial charge on any atom is 0.175 e. The number of hydrogen-bond donors (Lipinski definition) is 2. The molecule has 0 spiro atoms. The number of nitrogens with two attached hydrogens (primary N) is 1. The van der Waals surface area contributed by atoms with Crippen molar-refractivity contribution in [3.8, 4) is 0 Å². The Labute approximate surface area is 194 Å². The van der Waals surface area contributed by atoms with Crippen molar-refractivity contribution in [2.75, 3.05) is 12.0 Å². The number of pyridine rings is 3. The van der Waals surface area contributed by atoms with Gasteiger partial charge >= 0.3 is 0 Å². The molecule has 0 unspecified atom stereocenters. The molecule has 0 aliphatic heterocycles. The van der Waals surface area contributed by atoms with Gasteiger partial charge in [-0.3, -0.25) is 9.97 Å². The zero-order valence-corrected chi connectivity index (χ0v) is 19.8. The van der Waals surface area contributed by atoms with E-state index in [1.807, 2.05) is 44.4 Å². The van der Waals surface area contributed by atoms with Crippen molar-refractivity contribution in [1.29, 1.82) is 0 Å². The van der Waals surface area contributed by atoms with Gasteiger partial charge in [0.2, 0.25) is 0 Å². The lowest BCUT2D eigenvalue weighted by Crippen LogP contribution is -2.15. The number of aryl methyl sites for hydroxylation is 2.